The van der Waals surface area contributed by atoms with Crippen LogP contribution in [0.5, 0.6) is 0 Å². The third kappa shape index (κ3) is 16.7. The van der Waals surface area contributed by atoms with Gasteiger partial charge in [-0.25, -0.2) is 0 Å². The molecule has 0 unspecified atom stereocenters. The van der Waals surface area contributed by atoms with Gasteiger partial charge in [-0.1, -0.05) is 11.6 Å². The lowest BCUT2D eigenvalue weighted by atomic mass is 10.3. The van der Waals surface area contributed by atoms with Crippen LogP contribution in [0.4, 0.5) is 0 Å². The van der Waals surface area contributed by atoms with E-state index >= 15 is 0 Å². The van der Waals surface area contributed by atoms with Gasteiger partial charge in [0.1, 0.15) is 10.5 Å². The predicted octanol–water partition coefficient (Wildman–Crippen LogP) is 1.62. The van der Waals surface area contributed by atoms with E-state index in [2.05, 4.69) is 19.9 Å². The van der Waals surface area contributed by atoms with Crippen LogP contribution in [-0.2, 0) is 13.3 Å². The molecule has 0 amide bonds. The van der Waals surface area contributed by atoms with Gasteiger partial charge in [0.25, 0.3) is 0 Å². The van der Waals surface area contributed by atoms with Crippen LogP contribution in [0.2, 0.25) is 13.1 Å². The number of hydrogen-bond donors (Lipinski definition) is 0. The van der Waals surface area contributed by atoms with Crippen molar-refractivity contribution >= 4 is 19.0 Å². The van der Waals surface area contributed by atoms with Crippen molar-refractivity contribution in [2.45, 2.75) is 33.4 Å². The first-order valence-electron chi connectivity index (χ1n) is 5.12. The third-order valence-electron chi connectivity index (χ3n) is 1.86. The SMILES string of the molecule is CC(C)=CCCO[SiH3].CO[Si](C)(C)OC. The molecule has 92 valence electrons. The molecule has 0 rings (SSSR count). The summed E-state index contributed by atoms with van der Waals surface area (Å²) in [5.41, 5.74) is 1.38. The van der Waals surface area contributed by atoms with Crippen molar-refractivity contribution < 1.29 is 13.3 Å². The summed E-state index contributed by atoms with van der Waals surface area (Å²) in [4.78, 5) is 0. The van der Waals surface area contributed by atoms with Crippen LogP contribution in [-0.4, -0.2) is 39.9 Å². The van der Waals surface area contributed by atoms with E-state index in [1.54, 1.807) is 14.2 Å². The summed E-state index contributed by atoms with van der Waals surface area (Å²) in [6, 6.07) is 0. The number of allylic oxidation sites excluding steroid dienone is 1. The zero-order valence-electron chi connectivity index (χ0n) is 11.2. The van der Waals surface area contributed by atoms with Crippen LogP contribution in [0, 0.1) is 0 Å². The highest BCUT2D eigenvalue weighted by atomic mass is 28.4. The Bertz CT molecular complexity index is 160. The Hall–Kier alpha value is 0.0538. The van der Waals surface area contributed by atoms with E-state index in [9.17, 15) is 0 Å². The Kier molecular flexibility index (Phi) is 12.3. The lowest BCUT2D eigenvalue weighted by molar-refractivity contribution is 0.258. The minimum absolute atomic E-state index is 0.870. The molecule has 3 nitrogen and oxygen atoms in total. The maximum absolute atomic E-state index is 5.00. The zero-order chi connectivity index (χ0) is 12.3. The first-order valence-corrected chi connectivity index (χ1v) is 8.75. The van der Waals surface area contributed by atoms with Crippen LogP contribution in [0.25, 0.3) is 0 Å². The average molecular weight is 250 g/mol. The van der Waals surface area contributed by atoms with Crippen LogP contribution >= 0.6 is 0 Å². The van der Waals surface area contributed by atoms with Gasteiger partial charge in [-0.05, 0) is 33.4 Å². The fourth-order valence-electron chi connectivity index (χ4n) is 0.549. The van der Waals surface area contributed by atoms with Crippen LogP contribution in [0.3, 0.4) is 0 Å². The van der Waals surface area contributed by atoms with Gasteiger partial charge in [0.05, 0.1) is 0 Å². The minimum Gasteiger partial charge on any atom is -0.428 e. The molecule has 0 saturated heterocycles. The van der Waals surface area contributed by atoms with Crippen molar-refractivity contribution in [3.05, 3.63) is 11.6 Å². The molecular weight excluding hydrogens is 224 g/mol. The largest absolute Gasteiger partial charge is 0.428 e. The smallest absolute Gasteiger partial charge is 0.331 e. The van der Waals surface area contributed by atoms with Gasteiger partial charge in [0.2, 0.25) is 0 Å². The fourth-order valence-corrected chi connectivity index (χ4v) is 0.951. The lowest BCUT2D eigenvalue weighted by Gasteiger charge is -2.15. The van der Waals surface area contributed by atoms with Gasteiger partial charge in [0, 0.05) is 20.8 Å². The van der Waals surface area contributed by atoms with Crippen molar-refractivity contribution in [3.63, 3.8) is 0 Å². The molecule has 0 aromatic rings. The molecule has 0 bridgehead atoms. The predicted molar refractivity (Wildman–Crippen MR) is 71.4 cm³/mol. The van der Waals surface area contributed by atoms with Crippen molar-refractivity contribution in [1.29, 1.82) is 0 Å². The normalized spacial score (nSPS) is 10.5. The van der Waals surface area contributed by atoms with Gasteiger partial charge < -0.3 is 13.3 Å². The second-order valence-corrected chi connectivity index (χ2v) is 8.06. The maximum atomic E-state index is 5.00. The van der Waals surface area contributed by atoms with E-state index in [0.29, 0.717) is 0 Å². The molecule has 0 aliphatic heterocycles. The first-order chi connectivity index (χ1) is 6.89. The lowest BCUT2D eigenvalue weighted by Crippen LogP contribution is -2.31. The molecule has 5 heteroatoms. The van der Waals surface area contributed by atoms with Crippen LogP contribution < -0.4 is 0 Å². The van der Waals surface area contributed by atoms with Crippen molar-refractivity contribution in [2.75, 3.05) is 20.8 Å². The maximum Gasteiger partial charge on any atom is 0.331 e. The Morgan fingerprint density at radius 1 is 1.20 bits per heavy atom. The van der Waals surface area contributed by atoms with Crippen molar-refractivity contribution in [1.82, 2.24) is 0 Å². The Balaban J connectivity index is 0. The fraction of sp³-hybridized carbons (Fsp3) is 0.800. The molecular formula is C10H26O3Si2. The Morgan fingerprint density at radius 2 is 1.67 bits per heavy atom. The molecule has 0 N–H and O–H groups in total. The molecule has 0 spiro atoms. The van der Waals surface area contributed by atoms with Gasteiger partial charge >= 0.3 is 8.56 Å². The van der Waals surface area contributed by atoms with Crippen LogP contribution in [0.15, 0.2) is 11.6 Å². The number of hydrogen-bond acceptors (Lipinski definition) is 3. The molecule has 15 heavy (non-hydrogen) atoms. The van der Waals surface area contributed by atoms with Gasteiger partial charge in [-0.2, -0.15) is 0 Å². The van der Waals surface area contributed by atoms with Crippen molar-refractivity contribution in [2.24, 2.45) is 0 Å². The van der Waals surface area contributed by atoms with E-state index in [4.69, 9.17) is 13.3 Å². The molecule has 0 saturated carbocycles. The average Bonchev–Trinajstić information content (AvgIpc) is 2.19. The molecule has 0 aliphatic rings. The summed E-state index contributed by atoms with van der Waals surface area (Å²) < 4.78 is 15.0. The van der Waals surface area contributed by atoms with E-state index in [1.807, 2.05) is 13.1 Å². The summed E-state index contributed by atoms with van der Waals surface area (Å²) in [6.45, 7) is 9.09. The summed E-state index contributed by atoms with van der Waals surface area (Å²) in [5, 5.41) is 0. The molecule has 0 aromatic carbocycles. The topological polar surface area (TPSA) is 27.7 Å². The quantitative estimate of drug-likeness (QED) is 0.422. The molecule has 0 radical (unpaired) electrons. The molecule has 0 atom stereocenters. The van der Waals surface area contributed by atoms with Gasteiger partial charge in [0.15, 0.2) is 0 Å². The standard InChI is InChI=1S/C6H14OSi.C4H12O2Si/c1-6(2)4-3-5-7-8;1-5-7(3,4)6-2/h4H,3,5H2,1-2,8H3;1-4H3. The van der Waals surface area contributed by atoms with Gasteiger partial charge in [-0.15, -0.1) is 0 Å². The minimum atomic E-state index is -1.65. The number of rotatable bonds is 5. The summed E-state index contributed by atoms with van der Waals surface area (Å²) in [7, 11) is 2.57. The summed E-state index contributed by atoms with van der Waals surface area (Å²) in [6.07, 6.45) is 3.27. The monoisotopic (exact) mass is 250 g/mol. The zero-order valence-corrected chi connectivity index (χ0v) is 14.2. The Labute approximate surface area is 98.6 Å². The highest BCUT2D eigenvalue weighted by molar-refractivity contribution is 6.64. The second kappa shape index (κ2) is 10.6. The molecule has 0 heterocycles. The Morgan fingerprint density at radius 3 is 1.87 bits per heavy atom. The molecule has 0 aromatic heterocycles. The van der Waals surface area contributed by atoms with E-state index < -0.39 is 8.56 Å². The molecule has 0 aliphatic carbocycles. The first kappa shape index (κ1) is 17.4. The summed E-state index contributed by atoms with van der Waals surface area (Å²) in [5.74, 6) is 0. The molecule has 0 fully saturated rings. The second-order valence-electron chi connectivity index (χ2n) is 3.87. The van der Waals surface area contributed by atoms with Crippen molar-refractivity contribution in [3.8, 4) is 0 Å². The summed E-state index contributed by atoms with van der Waals surface area (Å²) >= 11 is 0. The highest BCUT2D eigenvalue weighted by Crippen LogP contribution is 1.99. The van der Waals surface area contributed by atoms with Gasteiger partial charge in [-0.3, -0.25) is 0 Å². The van der Waals surface area contributed by atoms with E-state index in [-0.39, 0.29) is 0 Å². The van der Waals surface area contributed by atoms with Crippen LogP contribution in [0.1, 0.15) is 20.3 Å². The van der Waals surface area contributed by atoms with E-state index in [0.717, 1.165) is 23.5 Å². The third-order valence-corrected chi connectivity index (χ3v) is 4.23. The highest BCUT2D eigenvalue weighted by Gasteiger charge is 2.19. The van der Waals surface area contributed by atoms with E-state index in [1.165, 1.54) is 5.57 Å².